The first-order valence-corrected chi connectivity index (χ1v) is 4.51. The third-order valence-corrected chi connectivity index (χ3v) is 2.92. The zero-order chi connectivity index (χ0) is 9.72. The first-order chi connectivity index (χ1) is 5.49. The number of aliphatic carboxylic acids is 1. The summed E-state index contributed by atoms with van der Waals surface area (Å²) in [5, 5.41) is 7.98. The summed E-state index contributed by atoms with van der Waals surface area (Å²) in [5.41, 5.74) is 0. The van der Waals surface area contributed by atoms with Gasteiger partial charge in [0, 0.05) is 14.1 Å². The van der Waals surface area contributed by atoms with E-state index in [0.717, 1.165) is 11.8 Å². The van der Waals surface area contributed by atoms with Crippen LogP contribution in [0.1, 0.15) is 0 Å². The van der Waals surface area contributed by atoms with Crippen LogP contribution in [-0.2, 0) is 4.79 Å². The molecule has 5 heteroatoms. The monoisotopic (exact) mass is 205 g/mol. The highest BCUT2D eigenvalue weighted by atomic mass is 32.2. The van der Waals surface area contributed by atoms with Gasteiger partial charge in [-0.25, -0.2) is 0 Å². The summed E-state index contributed by atoms with van der Waals surface area (Å²) in [6, 6.07) is 0. The molecule has 0 saturated carbocycles. The van der Waals surface area contributed by atoms with Gasteiger partial charge in [0.2, 0.25) is 0 Å². The van der Waals surface area contributed by atoms with Gasteiger partial charge in [-0.1, -0.05) is 30.1 Å². The summed E-state index contributed by atoms with van der Waals surface area (Å²) in [6.45, 7) is 3.41. The Kier molecular flexibility index (Phi) is 4.92. The molecule has 0 aromatic carbocycles. The van der Waals surface area contributed by atoms with E-state index in [1.54, 1.807) is 19.0 Å². The minimum absolute atomic E-state index is 0.544. The molecule has 0 saturated heterocycles. The van der Waals surface area contributed by atoms with E-state index in [-0.39, 0.29) is 0 Å². The molecule has 0 rings (SSSR count). The molecule has 0 heterocycles. The summed E-state index contributed by atoms with van der Waals surface area (Å²) >= 11 is 6.02. The maximum Gasteiger partial charge on any atom is 0.320 e. The first-order valence-electron chi connectivity index (χ1n) is 3.22. The van der Waals surface area contributed by atoms with Crippen molar-refractivity contribution in [2.75, 3.05) is 14.1 Å². The number of hydrogen-bond donors (Lipinski definition) is 1. The maximum absolute atomic E-state index is 10.5. The van der Waals surface area contributed by atoms with E-state index >= 15 is 0 Å². The average Bonchev–Trinajstić information content (AvgIpc) is 1.98. The number of carboxylic acid groups (broad SMARTS) is 1. The standard InChI is InChI=1S/C7H11NO2S2/c1-4-5(6(9)10)12-7(11)8(2)3/h4-5H,1H2,2-3H3,(H,9,10). The summed E-state index contributed by atoms with van der Waals surface area (Å²) in [4.78, 5) is 12.2. The van der Waals surface area contributed by atoms with E-state index in [1.807, 2.05) is 0 Å². The molecule has 0 aliphatic carbocycles. The molecular weight excluding hydrogens is 194 g/mol. The van der Waals surface area contributed by atoms with E-state index in [1.165, 1.54) is 6.08 Å². The number of thioether (sulfide) groups is 1. The zero-order valence-electron chi connectivity index (χ0n) is 6.98. The average molecular weight is 205 g/mol. The molecule has 1 unspecified atom stereocenters. The summed E-state index contributed by atoms with van der Waals surface area (Å²) in [5.74, 6) is -0.917. The molecule has 0 aromatic heterocycles. The summed E-state index contributed by atoms with van der Waals surface area (Å²) < 4.78 is 0.544. The highest BCUT2D eigenvalue weighted by molar-refractivity contribution is 8.23. The van der Waals surface area contributed by atoms with Crippen LogP contribution in [0.25, 0.3) is 0 Å². The minimum Gasteiger partial charge on any atom is -0.480 e. The molecule has 0 fully saturated rings. The molecule has 0 aliphatic rings. The van der Waals surface area contributed by atoms with Crippen LogP contribution >= 0.6 is 24.0 Å². The Hall–Kier alpha value is -0.550. The number of nitrogens with zero attached hydrogens (tertiary/aromatic N) is 1. The number of hydrogen-bond acceptors (Lipinski definition) is 3. The third-order valence-electron chi connectivity index (χ3n) is 1.05. The van der Waals surface area contributed by atoms with Gasteiger partial charge in [0.1, 0.15) is 9.57 Å². The van der Waals surface area contributed by atoms with Gasteiger partial charge in [-0.3, -0.25) is 4.79 Å². The topological polar surface area (TPSA) is 40.5 Å². The molecule has 1 atom stereocenters. The van der Waals surface area contributed by atoms with E-state index in [9.17, 15) is 4.79 Å². The zero-order valence-corrected chi connectivity index (χ0v) is 8.61. The van der Waals surface area contributed by atoms with Gasteiger partial charge in [-0.05, 0) is 0 Å². The molecule has 0 bridgehead atoms. The van der Waals surface area contributed by atoms with Crippen molar-refractivity contribution in [1.29, 1.82) is 0 Å². The number of carboxylic acids is 1. The number of thiocarbonyl (C=S) groups is 1. The minimum atomic E-state index is -0.917. The molecule has 0 aliphatic heterocycles. The fraction of sp³-hybridized carbons (Fsp3) is 0.429. The Labute approximate surface area is 81.4 Å². The Bertz CT molecular complexity index is 204. The van der Waals surface area contributed by atoms with E-state index in [2.05, 4.69) is 6.58 Å². The van der Waals surface area contributed by atoms with Crippen LogP contribution in [0.5, 0.6) is 0 Å². The van der Waals surface area contributed by atoms with Crippen molar-refractivity contribution in [3.8, 4) is 0 Å². The van der Waals surface area contributed by atoms with Gasteiger partial charge >= 0.3 is 5.97 Å². The Morgan fingerprint density at radius 3 is 2.50 bits per heavy atom. The van der Waals surface area contributed by atoms with Crippen LogP contribution in [-0.4, -0.2) is 39.6 Å². The molecule has 3 nitrogen and oxygen atoms in total. The number of carbonyl (C=O) groups is 1. The van der Waals surface area contributed by atoms with E-state index in [0.29, 0.717) is 4.32 Å². The van der Waals surface area contributed by atoms with Crippen LogP contribution < -0.4 is 0 Å². The third kappa shape index (κ3) is 3.73. The molecule has 68 valence electrons. The van der Waals surface area contributed by atoms with Gasteiger partial charge in [-0.2, -0.15) is 0 Å². The second-order valence-corrected chi connectivity index (χ2v) is 4.05. The summed E-state index contributed by atoms with van der Waals surface area (Å²) in [7, 11) is 3.55. The van der Waals surface area contributed by atoms with Crippen LogP contribution in [0.4, 0.5) is 0 Å². The van der Waals surface area contributed by atoms with Crippen LogP contribution in [0, 0.1) is 0 Å². The lowest BCUT2D eigenvalue weighted by molar-refractivity contribution is -0.135. The van der Waals surface area contributed by atoms with Crippen LogP contribution in [0.15, 0.2) is 12.7 Å². The molecular formula is C7H11NO2S2. The first kappa shape index (κ1) is 11.4. The Morgan fingerprint density at radius 2 is 2.25 bits per heavy atom. The maximum atomic E-state index is 10.5. The van der Waals surface area contributed by atoms with Gasteiger partial charge < -0.3 is 10.0 Å². The highest BCUT2D eigenvalue weighted by Crippen LogP contribution is 2.15. The highest BCUT2D eigenvalue weighted by Gasteiger charge is 2.16. The quantitative estimate of drug-likeness (QED) is 0.554. The van der Waals surface area contributed by atoms with Crippen LogP contribution in [0.2, 0.25) is 0 Å². The van der Waals surface area contributed by atoms with Crippen molar-refractivity contribution in [1.82, 2.24) is 4.90 Å². The SMILES string of the molecule is C=CC(SC(=S)N(C)C)C(=O)O. The van der Waals surface area contributed by atoms with Crippen molar-refractivity contribution in [2.45, 2.75) is 5.25 Å². The molecule has 0 amide bonds. The molecule has 1 N–H and O–H groups in total. The van der Waals surface area contributed by atoms with Crippen molar-refractivity contribution >= 4 is 34.3 Å². The fourth-order valence-electron chi connectivity index (χ4n) is 0.413. The van der Waals surface area contributed by atoms with E-state index in [4.69, 9.17) is 17.3 Å². The Morgan fingerprint density at radius 1 is 1.75 bits per heavy atom. The molecule has 0 radical (unpaired) electrons. The van der Waals surface area contributed by atoms with Gasteiger partial charge in [-0.15, -0.1) is 6.58 Å². The summed E-state index contributed by atoms with van der Waals surface area (Å²) in [6.07, 6.45) is 1.36. The van der Waals surface area contributed by atoms with Crippen molar-refractivity contribution in [3.05, 3.63) is 12.7 Å². The van der Waals surface area contributed by atoms with Gasteiger partial charge in [0.25, 0.3) is 0 Å². The molecule has 12 heavy (non-hydrogen) atoms. The second kappa shape index (κ2) is 5.16. The molecule has 0 aromatic rings. The van der Waals surface area contributed by atoms with Crippen LogP contribution in [0.3, 0.4) is 0 Å². The predicted molar refractivity (Wildman–Crippen MR) is 55.5 cm³/mol. The smallest absolute Gasteiger partial charge is 0.320 e. The lowest BCUT2D eigenvalue weighted by atomic mass is 10.4. The lowest BCUT2D eigenvalue weighted by Gasteiger charge is -2.14. The van der Waals surface area contributed by atoms with Gasteiger partial charge in [0.15, 0.2) is 0 Å². The largest absolute Gasteiger partial charge is 0.480 e. The van der Waals surface area contributed by atoms with Gasteiger partial charge in [0.05, 0.1) is 0 Å². The molecule has 0 spiro atoms. The fourth-order valence-corrected chi connectivity index (χ4v) is 1.35. The predicted octanol–water partition coefficient (Wildman–Crippen LogP) is 1.21. The van der Waals surface area contributed by atoms with E-state index < -0.39 is 11.2 Å². The normalized spacial score (nSPS) is 11.8. The van der Waals surface area contributed by atoms with Crippen molar-refractivity contribution in [3.63, 3.8) is 0 Å². The lowest BCUT2D eigenvalue weighted by Crippen LogP contribution is -2.22. The van der Waals surface area contributed by atoms with Crippen molar-refractivity contribution < 1.29 is 9.90 Å². The van der Waals surface area contributed by atoms with Crippen molar-refractivity contribution in [2.24, 2.45) is 0 Å². The second-order valence-electron chi connectivity index (χ2n) is 2.27. The number of rotatable bonds is 3. The Balaban J connectivity index is 4.12.